The Kier molecular flexibility index (Phi) is 4.57. The van der Waals surface area contributed by atoms with Gasteiger partial charge < -0.3 is 4.98 Å². The van der Waals surface area contributed by atoms with Gasteiger partial charge in [0, 0.05) is 31.4 Å². The minimum absolute atomic E-state index is 0.512. The number of imidazole rings is 1. The molecule has 4 nitrogen and oxygen atoms in total. The Bertz CT molecular complexity index is 756. The molecule has 1 aliphatic carbocycles. The first-order valence-corrected chi connectivity index (χ1v) is 10.7. The summed E-state index contributed by atoms with van der Waals surface area (Å²) in [6.45, 7) is 8.16. The summed E-state index contributed by atoms with van der Waals surface area (Å²) < 4.78 is 0. The van der Waals surface area contributed by atoms with Crippen molar-refractivity contribution >= 4 is 0 Å². The maximum atomic E-state index is 4.50. The number of likely N-dealkylation sites (tertiary alicyclic amines) is 2. The average molecular weight is 365 g/mol. The van der Waals surface area contributed by atoms with Gasteiger partial charge in [0.15, 0.2) is 0 Å². The SMILES string of the molecule is Cc1[nH]cnc1CN1CCC2(CC1)C[C@H](c1ccccc1)CN(C1CC1)C2. The lowest BCUT2D eigenvalue weighted by Gasteiger charge is -2.50. The molecule has 1 atom stereocenters. The van der Waals surface area contributed by atoms with Gasteiger partial charge in [-0.2, -0.15) is 0 Å². The number of benzene rings is 1. The Morgan fingerprint density at radius 1 is 1.15 bits per heavy atom. The molecule has 144 valence electrons. The summed E-state index contributed by atoms with van der Waals surface area (Å²) in [5.41, 5.74) is 4.50. The third kappa shape index (κ3) is 3.70. The number of aromatic nitrogens is 2. The minimum atomic E-state index is 0.512. The van der Waals surface area contributed by atoms with Gasteiger partial charge in [0.2, 0.25) is 0 Å². The number of aromatic amines is 1. The maximum absolute atomic E-state index is 4.50. The molecule has 1 aromatic heterocycles. The van der Waals surface area contributed by atoms with Crippen molar-refractivity contribution in [1.29, 1.82) is 0 Å². The third-order valence-corrected chi connectivity index (χ3v) is 7.23. The van der Waals surface area contributed by atoms with Crippen molar-refractivity contribution in [2.24, 2.45) is 5.41 Å². The van der Waals surface area contributed by atoms with Crippen molar-refractivity contribution in [1.82, 2.24) is 19.8 Å². The average Bonchev–Trinajstić information content (AvgIpc) is 3.48. The lowest BCUT2D eigenvalue weighted by molar-refractivity contribution is 0.00802. The summed E-state index contributed by atoms with van der Waals surface area (Å²) in [5.74, 6) is 0.709. The van der Waals surface area contributed by atoms with Crippen molar-refractivity contribution in [3.05, 3.63) is 53.6 Å². The minimum Gasteiger partial charge on any atom is -0.348 e. The zero-order valence-electron chi connectivity index (χ0n) is 16.5. The van der Waals surface area contributed by atoms with Crippen LogP contribution >= 0.6 is 0 Å². The summed E-state index contributed by atoms with van der Waals surface area (Å²) in [7, 11) is 0. The smallest absolute Gasteiger partial charge is 0.0925 e. The van der Waals surface area contributed by atoms with E-state index in [1.807, 2.05) is 6.33 Å². The van der Waals surface area contributed by atoms with Crippen LogP contribution < -0.4 is 0 Å². The Balaban J connectivity index is 1.29. The van der Waals surface area contributed by atoms with Crippen LogP contribution in [-0.4, -0.2) is 52.0 Å². The van der Waals surface area contributed by atoms with Gasteiger partial charge in [-0.15, -0.1) is 0 Å². The van der Waals surface area contributed by atoms with Gasteiger partial charge in [-0.3, -0.25) is 9.80 Å². The maximum Gasteiger partial charge on any atom is 0.0925 e. The second kappa shape index (κ2) is 7.06. The van der Waals surface area contributed by atoms with Crippen LogP contribution in [0.3, 0.4) is 0 Å². The molecule has 5 rings (SSSR count). The van der Waals surface area contributed by atoms with Crippen LogP contribution in [0.1, 0.15) is 55.0 Å². The molecule has 2 aromatic rings. The summed E-state index contributed by atoms with van der Waals surface area (Å²) >= 11 is 0. The molecular formula is C23H32N4. The predicted molar refractivity (Wildman–Crippen MR) is 109 cm³/mol. The van der Waals surface area contributed by atoms with Crippen LogP contribution in [0.25, 0.3) is 0 Å². The number of H-pyrrole nitrogens is 1. The van der Waals surface area contributed by atoms with Gasteiger partial charge in [-0.25, -0.2) is 4.98 Å². The highest BCUT2D eigenvalue weighted by atomic mass is 15.2. The van der Waals surface area contributed by atoms with Gasteiger partial charge in [0.1, 0.15) is 0 Å². The van der Waals surface area contributed by atoms with Crippen molar-refractivity contribution in [3.8, 4) is 0 Å². The van der Waals surface area contributed by atoms with Gasteiger partial charge in [0.25, 0.3) is 0 Å². The Morgan fingerprint density at radius 2 is 1.93 bits per heavy atom. The molecule has 3 fully saturated rings. The first-order chi connectivity index (χ1) is 13.2. The molecule has 3 heterocycles. The first-order valence-electron chi connectivity index (χ1n) is 10.7. The van der Waals surface area contributed by atoms with Crippen molar-refractivity contribution in [3.63, 3.8) is 0 Å². The number of piperidine rings is 2. The molecule has 0 amide bonds. The zero-order chi connectivity index (χ0) is 18.3. The molecular weight excluding hydrogens is 332 g/mol. The van der Waals surface area contributed by atoms with Gasteiger partial charge in [-0.05, 0) is 69.0 Å². The number of rotatable bonds is 4. The lowest BCUT2D eigenvalue weighted by atomic mass is 9.68. The van der Waals surface area contributed by atoms with E-state index in [2.05, 4.69) is 57.0 Å². The van der Waals surface area contributed by atoms with E-state index in [1.54, 1.807) is 5.56 Å². The van der Waals surface area contributed by atoms with Gasteiger partial charge in [0.05, 0.1) is 12.0 Å². The van der Waals surface area contributed by atoms with E-state index in [0.717, 1.165) is 12.6 Å². The van der Waals surface area contributed by atoms with Crippen LogP contribution in [-0.2, 0) is 6.54 Å². The highest BCUT2D eigenvalue weighted by Gasteiger charge is 2.45. The van der Waals surface area contributed by atoms with Crippen molar-refractivity contribution < 1.29 is 0 Å². The molecule has 1 spiro atoms. The van der Waals surface area contributed by atoms with E-state index in [9.17, 15) is 0 Å². The standard InChI is InChI=1S/C23H32N4/c1-18-22(25-17-24-18)15-26-11-9-23(10-12-26)13-20(19-5-3-2-4-6-19)14-27(16-23)21-7-8-21/h2-6,17,20-21H,7-16H2,1H3,(H,24,25)/t20-/m0/s1. The molecule has 3 aliphatic rings. The number of nitrogens with one attached hydrogen (secondary N) is 1. The summed E-state index contributed by atoms with van der Waals surface area (Å²) in [4.78, 5) is 13.2. The van der Waals surface area contributed by atoms with Crippen LogP contribution in [0.15, 0.2) is 36.7 Å². The molecule has 1 N–H and O–H groups in total. The van der Waals surface area contributed by atoms with E-state index < -0.39 is 0 Å². The lowest BCUT2D eigenvalue weighted by Crippen LogP contribution is -2.52. The molecule has 2 saturated heterocycles. The van der Waals surface area contributed by atoms with Crippen LogP contribution in [0.2, 0.25) is 0 Å². The highest BCUT2D eigenvalue weighted by molar-refractivity contribution is 5.22. The summed E-state index contributed by atoms with van der Waals surface area (Å²) in [5, 5.41) is 0. The van der Waals surface area contributed by atoms with Crippen molar-refractivity contribution in [2.45, 2.75) is 57.5 Å². The van der Waals surface area contributed by atoms with E-state index in [1.165, 1.54) is 69.7 Å². The van der Waals surface area contributed by atoms with E-state index in [0.29, 0.717) is 11.3 Å². The second-order valence-corrected chi connectivity index (χ2v) is 9.22. The van der Waals surface area contributed by atoms with Crippen molar-refractivity contribution in [2.75, 3.05) is 26.2 Å². The number of aryl methyl sites for hydroxylation is 1. The molecule has 1 aromatic carbocycles. The fourth-order valence-corrected chi connectivity index (χ4v) is 5.40. The number of hydrogen-bond donors (Lipinski definition) is 1. The third-order valence-electron chi connectivity index (χ3n) is 7.23. The van der Waals surface area contributed by atoms with E-state index in [-0.39, 0.29) is 0 Å². The number of nitrogens with zero attached hydrogens (tertiary/aromatic N) is 3. The van der Waals surface area contributed by atoms with Crippen LogP contribution in [0.5, 0.6) is 0 Å². The Labute approximate surface area is 163 Å². The molecule has 1 saturated carbocycles. The van der Waals surface area contributed by atoms with Crippen LogP contribution in [0, 0.1) is 12.3 Å². The fraction of sp³-hybridized carbons (Fsp3) is 0.609. The number of hydrogen-bond acceptors (Lipinski definition) is 3. The molecule has 0 radical (unpaired) electrons. The van der Waals surface area contributed by atoms with E-state index in [4.69, 9.17) is 0 Å². The second-order valence-electron chi connectivity index (χ2n) is 9.22. The Hall–Kier alpha value is -1.65. The first kappa shape index (κ1) is 17.4. The monoisotopic (exact) mass is 364 g/mol. The molecule has 0 unspecified atom stereocenters. The normalized spacial score (nSPS) is 26.5. The zero-order valence-corrected chi connectivity index (χ0v) is 16.5. The summed E-state index contributed by atoms with van der Waals surface area (Å²) in [6.07, 6.45) is 8.71. The Morgan fingerprint density at radius 3 is 2.59 bits per heavy atom. The van der Waals surface area contributed by atoms with E-state index >= 15 is 0 Å². The predicted octanol–water partition coefficient (Wildman–Crippen LogP) is 3.95. The molecule has 4 heteroatoms. The summed E-state index contributed by atoms with van der Waals surface area (Å²) in [6, 6.07) is 12.2. The highest BCUT2D eigenvalue weighted by Crippen LogP contribution is 2.47. The van der Waals surface area contributed by atoms with Crippen LogP contribution in [0.4, 0.5) is 0 Å². The molecule has 0 bridgehead atoms. The quantitative estimate of drug-likeness (QED) is 0.892. The largest absolute Gasteiger partial charge is 0.348 e. The topological polar surface area (TPSA) is 35.2 Å². The fourth-order valence-electron chi connectivity index (χ4n) is 5.40. The van der Waals surface area contributed by atoms with Gasteiger partial charge in [-0.1, -0.05) is 30.3 Å². The van der Waals surface area contributed by atoms with Gasteiger partial charge >= 0.3 is 0 Å². The molecule has 27 heavy (non-hydrogen) atoms. The molecule has 2 aliphatic heterocycles.